The zero-order chi connectivity index (χ0) is 15.1. The number of rotatable bonds is 1. The minimum Gasteiger partial charge on any atom is -0.203 e. The van der Waals surface area contributed by atoms with Crippen LogP contribution in [0, 0.1) is 23.3 Å². The number of aromatic nitrogens is 2. The van der Waals surface area contributed by atoms with Gasteiger partial charge < -0.3 is 0 Å². The molecule has 0 spiro atoms. The smallest absolute Gasteiger partial charge is 0.198 e. The fraction of sp³-hybridized carbons (Fsp3) is 0. The van der Waals surface area contributed by atoms with Gasteiger partial charge >= 0.3 is 0 Å². The molecule has 0 atom stereocenters. The van der Waals surface area contributed by atoms with Gasteiger partial charge in [0.25, 0.3) is 0 Å². The summed E-state index contributed by atoms with van der Waals surface area (Å²) in [6.45, 7) is 0. The highest BCUT2D eigenvalue weighted by Gasteiger charge is 2.26. The number of fused-ring (bicyclic) bond motifs is 1. The fourth-order valence-corrected chi connectivity index (χ4v) is 2.25. The van der Waals surface area contributed by atoms with Crippen LogP contribution in [-0.4, -0.2) is 10.2 Å². The monoisotopic (exact) mass is 312 g/mol. The molecule has 0 bridgehead atoms. The molecule has 106 valence electrons. The van der Waals surface area contributed by atoms with Gasteiger partial charge in [0.1, 0.15) is 5.69 Å². The summed E-state index contributed by atoms with van der Waals surface area (Å²) in [6, 6.07) is 8.06. The predicted molar refractivity (Wildman–Crippen MR) is 69.8 cm³/mol. The molecule has 0 saturated carbocycles. The molecular weight excluding hydrogens is 308 g/mol. The molecule has 7 heteroatoms. The number of benzene rings is 2. The van der Waals surface area contributed by atoms with Crippen LogP contribution in [0.25, 0.3) is 22.0 Å². The molecule has 0 saturated heterocycles. The molecule has 0 aliphatic rings. The molecule has 0 N–H and O–H groups in total. The van der Waals surface area contributed by atoms with Crippen LogP contribution in [0.3, 0.4) is 0 Å². The van der Waals surface area contributed by atoms with E-state index in [4.69, 9.17) is 11.6 Å². The van der Waals surface area contributed by atoms with Crippen LogP contribution in [0.4, 0.5) is 17.6 Å². The van der Waals surface area contributed by atoms with Gasteiger partial charge in [0.15, 0.2) is 28.4 Å². The molecule has 1 aromatic heterocycles. The molecule has 2 nitrogen and oxygen atoms in total. The van der Waals surface area contributed by atoms with Gasteiger partial charge in [0.05, 0.1) is 10.8 Å². The first-order valence-electron chi connectivity index (χ1n) is 5.75. The molecule has 0 aliphatic carbocycles. The molecule has 1 heterocycles. The maximum Gasteiger partial charge on any atom is 0.198 e. The second kappa shape index (κ2) is 4.96. The van der Waals surface area contributed by atoms with E-state index in [2.05, 4.69) is 10.2 Å². The molecule has 0 aliphatic heterocycles. The molecule has 3 rings (SSSR count). The SMILES string of the molecule is Fc1c(F)c(F)c2c(-c3ccccc3)nnc(Cl)c2c1F. The van der Waals surface area contributed by atoms with E-state index in [1.165, 1.54) is 0 Å². The van der Waals surface area contributed by atoms with Crippen molar-refractivity contribution < 1.29 is 17.6 Å². The van der Waals surface area contributed by atoms with E-state index in [0.717, 1.165) is 0 Å². The first kappa shape index (κ1) is 13.8. The average Bonchev–Trinajstić information content (AvgIpc) is 2.51. The average molecular weight is 313 g/mol. The maximum atomic E-state index is 14.1. The number of hydrogen-bond donors (Lipinski definition) is 0. The minimum absolute atomic E-state index is 0.120. The van der Waals surface area contributed by atoms with Crippen LogP contribution in [0.5, 0.6) is 0 Å². The Hall–Kier alpha value is -2.21. The van der Waals surface area contributed by atoms with Crippen LogP contribution in [0.1, 0.15) is 0 Å². The minimum atomic E-state index is -1.94. The maximum absolute atomic E-state index is 14.1. The topological polar surface area (TPSA) is 25.8 Å². The van der Waals surface area contributed by atoms with E-state index in [0.29, 0.717) is 5.56 Å². The Bertz CT molecular complexity index is 853. The molecule has 0 amide bonds. The first-order valence-corrected chi connectivity index (χ1v) is 6.13. The normalized spacial score (nSPS) is 11.1. The third kappa shape index (κ3) is 2.03. The lowest BCUT2D eigenvalue weighted by Gasteiger charge is -2.09. The lowest BCUT2D eigenvalue weighted by Crippen LogP contribution is -2.03. The van der Waals surface area contributed by atoms with Gasteiger partial charge in [-0.25, -0.2) is 17.6 Å². The molecule has 3 aromatic rings. The second-order valence-corrected chi connectivity index (χ2v) is 4.57. The van der Waals surface area contributed by atoms with Crippen molar-refractivity contribution in [2.24, 2.45) is 0 Å². The fourth-order valence-electron chi connectivity index (χ4n) is 2.04. The van der Waals surface area contributed by atoms with E-state index in [9.17, 15) is 17.6 Å². The lowest BCUT2D eigenvalue weighted by atomic mass is 10.0. The van der Waals surface area contributed by atoms with Gasteiger partial charge in [-0.2, -0.15) is 0 Å². The van der Waals surface area contributed by atoms with Crippen molar-refractivity contribution >= 4 is 22.4 Å². The Morgan fingerprint density at radius 1 is 0.714 bits per heavy atom. The van der Waals surface area contributed by atoms with Gasteiger partial charge in [0, 0.05) is 5.56 Å². The first-order chi connectivity index (χ1) is 10.0. The summed E-state index contributed by atoms with van der Waals surface area (Å²) in [6.07, 6.45) is 0. The Morgan fingerprint density at radius 2 is 1.29 bits per heavy atom. The van der Waals surface area contributed by atoms with Crippen molar-refractivity contribution in [2.75, 3.05) is 0 Å². The zero-order valence-electron chi connectivity index (χ0n) is 10.2. The van der Waals surface area contributed by atoms with E-state index in [-0.39, 0.29) is 5.69 Å². The van der Waals surface area contributed by atoms with Crippen molar-refractivity contribution in [2.45, 2.75) is 0 Å². The van der Waals surface area contributed by atoms with Crippen molar-refractivity contribution in [3.63, 3.8) is 0 Å². The van der Waals surface area contributed by atoms with Gasteiger partial charge in [-0.1, -0.05) is 41.9 Å². The number of halogens is 5. The van der Waals surface area contributed by atoms with E-state index >= 15 is 0 Å². The number of nitrogens with zero attached hydrogens (tertiary/aromatic N) is 2. The standard InChI is InChI=1S/C14H5ClF4N2/c15-14-8-7(9(16)11(18)12(19)10(8)17)13(20-21-14)6-4-2-1-3-5-6/h1-5H. The van der Waals surface area contributed by atoms with E-state index in [1.807, 2.05) is 0 Å². The predicted octanol–water partition coefficient (Wildman–Crippen LogP) is 4.51. The van der Waals surface area contributed by atoms with Crippen LogP contribution in [-0.2, 0) is 0 Å². The highest BCUT2D eigenvalue weighted by atomic mass is 35.5. The van der Waals surface area contributed by atoms with Gasteiger partial charge in [-0.05, 0) is 0 Å². The van der Waals surface area contributed by atoms with E-state index < -0.39 is 39.2 Å². The molecule has 0 fully saturated rings. The summed E-state index contributed by atoms with van der Waals surface area (Å²) >= 11 is 5.65. The van der Waals surface area contributed by atoms with Crippen LogP contribution < -0.4 is 0 Å². The Labute approximate surface area is 121 Å². The molecular formula is C14H5ClF4N2. The van der Waals surface area contributed by atoms with Crippen molar-refractivity contribution in [3.8, 4) is 11.3 Å². The van der Waals surface area contributed by atoms with Gasteiger partial charge in [0.2, 0.25) is 0 Å². The van der Waals surface area contributed by atoms with Crippen molar-refractivity contribution in [3.05, 3.63) is 58.8 Å². The third-order valence-corrected chi connectivity index (χ3v) is 3.26. The van der Waals surface area contributed by atoms with Crippen molar-refractivity contribution in [1.82, 2.24) is 10.2 Å². The van der Waals surface area contributed by atoms with Gasteiger partial charge in [-0.3, -0.25) is 0 Å². The van der Waals surface area contributed by atoms with Gasteiger partial charge in [-0.15, -0.1) is 10.2 Å². The molecule has 21 heavy (non-hydrogen) atoms. The Balaban J connectivity index is 2.52. The summed E-state index contributed by atoms with van der Waals surface area (Å²) in [5.74, 6) is -7.00. The largest absolute Gasteiger partial charge is 0.203 e. The number of hydrogen-bond acceptors (Lipinski definition) is 2. The quantitative estimate of drug-likeness (QED) is 0.375. The Morgan fingerprint density at radius 3 is 1.90 bits per heavy atom. The molecule has 2 aromatic carbocycles. The van der Waals surface area contributed by atoms with Crippen molar-refractivity contribution in [1.29, 1.82) is 0 Å². The molecule has 0 unspecified atom stereocenters. The summed E-state index contributed by atoms with van der Waals surface area (Å²) in [4.78, 5) is 0. The molecule has 0 radical (unpaired) electrons. The second-order valence-electron chi connectivity index (χ2n) is 4.21. The summed E-state index contributed by atoms with van der Waals surface area (Å²) in [5.41, 5.74) is 0.251. The third-order valence-electron chi connectivity index (χ3n) is 3.00. The highest BCUT2D eigenvalue weighted by Crippen LogP contribution is 2.35. The Kier molecular flexibility index (Phi) is 3.25. The van der Waals surface area contributed by atoms with Crippen LogP contribution >= 0.6 is 11.6 Å². The summed E-state index contributed by atoms with van der Waals surface area (Å²) < 4.78 is 54.7. The summed E-state index contributed by atoms with van der Waals surface area (Å²) in [5, 5.41) is 5.43. The van der Waals surface area contributed by atoms with Crippen LogP contribution in [0.15, 0.2) is 30.3 Å². The summed E-state index contributed by atoms with van der Waals surface area (Å²) in [7, 11) is 0. The lowest BCUT2D eigenvalue weighted by molar-refractivity contribution is 0.418. The van der Waals surface area contributed by atoms with E-state index in [1.54, 1.807) is 30.3 Å². The zero-order valence-corrected chi connectivity index (χ0v) is 10.9. The van der Waals surface area contributed by atoms with Crippen LogP contribution in [0.2, 0.25) is 5.15 Å². The highest BCUT2D eigenvalue weighted by molar-refractivity contribution is 6.34.